The Morgan fingerprint density at radius 2 is 1.36 bits per heavy atom. The van der Waals surface area contributed by atoms with E-state index in [4.69, 9.17) is 25.5 Å². The molecule has 4 atom stereocenters. The zero-order chi connectivity index (χ0) is 31.4. The van der Waals surface area contributed by atoms with Crippen molar-refractivity contribution in [3.63, 3.8) is 0 Å². The number of ether oxygens (including phenoxy) is 2. The van der Waals surface area contributed by atoms with Crippen LogP contribution in [0.3, 0.4) is 0 Å². The fraction of sp³-hybridized carbons (Fsp3) is 0.324. The number of benzene rings is 4. The van der Waals surface area contributed by atoms with Gasteiger partial charge in [-0.15, -0.1) is 0 Å². The second-order valence-corrected chi connectivity index (χ2v) is 17.5. The highest BCUT2D eigenvalue weighted by molar-refractivity contribution is 6.99. The average molecular weight is 629 g/mol. The fourth-order valence-electron chi connectivity index (χ4n) is 6.52. The van der Waals surface area contributed by atoms with Crippen molar-refractivity contribution in [1.29, 1.82) is 0 Å². The molecule has 0 bridgehead atoms. The minimum absolute atomic E-state index is 0.181. The third-order valence-corrected chi connectivity index (χ3v) is 14.3. The van der Waals surface area contributed by atoms with Crippen molar-refractivity contribution in [1.82, 2.24) is 0 Å². The Morgan fingerprint density at radius 3 is 1.89 bits per heavy atom. The molecule has 1 fully saturated rings. The lowest BCUT2D eigenvalue weighted by molar-refractivity contribution is -0.264. The summed E-state index contributed by atoms with van der Waals surface area (Å²) in [6.07, 6.45) is -1.01. The summed E-state index contributed by atoms with van der Waals surface area (Å²) in [7, 11) is -2.93. The molecule has 1 aliphatic heterocycles. The second kappa shape index (κ2) is 13.4. The summed E-state index contributed by atoms with van der Waals surface area (Å²) in [5.41, 5.74) is 0.465. The predicted octanol–water partition coefficient (Wildman–Crippen LogP) is 7.28. The number of hydrogen-bond donors (Lipinski definition) is 1. The molecule has 230 valence electrons. The first-order valence-corrected chi connectivity index (χ1v) is 17.4. The van der Waals surface area contributed by atoms with Crippen molar-refractivity contribution in [2.45, 2.75) is 51.5 Å². The molecule has 5 nitrogen and oxygen atoms in total. The van der Waals surface area contributed by atoms with Crippen LogP contribution in [0.15, 0.2) is 115 Å². The molecule has 1 N–H and O–H groups in total. The average Bonchev–Trinajstić information content (AvgIpc) is 3.02. The molecule has 7 heteroatoms. The van der Waals surface area contributed by atoms with Crippen molar-refractivity contribution in [3.05, 3.63) is 131 Å². The number of halogens is 1. The molecular weight excluding hydrogens is 588 g/mol. The van der Waals surface area contributed by atoms with Gasteiger partial charge in [0.1, 0.15) is 0 Å². The van der Waals surface area contributed by atoms with Crippen LogP contribution in [-0.2, 0) is 25.1 Å². The Labute approximate surface area is 266 Å². The first kappa shape index (κ1) is 32.1. The van der Waals surface area contributed by atoms with E-state index in [0.29, 0.717) is 17.0 Å². The number of aliphatic carboxylic acids is 1. The Morgan fingerprint density at radius 1 is 0.841 bits per heavy atom. The van der Waals surface area contributed by atoms with E-state index < -0.39 is 38.0 Å². The minimum Gasteiger partial charge on any atom is -0.481 e. The molecule has 4 aromatic rings. The van der Waals surface area contributed by atoms with Crippen LogP contribution in [0, 0.1) is 11.3 Å². The summed E-state index contributed by atoms with van der Waals surface area (Å²) in [6, 6.07) is 38.0. The summed E-state index contributed by atoms with van der Waals surface area (Å²) >= 11 is 6.58. The van der Waals surface area contributed by atoms with E-state index in [1.54, 1.807) is 13.0 Å². The normalized spacial score (nSPS) is 20.5. The highest BCUT2D eigenvalue weighted by Gasteiger charge is 2.53. The molecule has 0 amide bonds. The van der Waals surface area contributed by atoms with E-state index in [1.165, 1.54) is 0 Å². The predicted molar refractivity (Wildman–Crippen MR) is 178 cm³/mol. The van der Waals surface area contributed by atoms with Gasteiger partial charge in [-0.25, -0.2) is 0 Å². The maximum absolute atomic E-state index is 13.1. The van der Waals surface area contributed by atoms with Crippen molar-refractivity contribution in [2.24, 2.45) is 11.3 Å². The van der Waals surface area contributed by atoms with Crippen molar-refractivity contribution in [2.75, 3.05) is 13.2 Å². The zero-order valence-electron chi connectivity index (χ0n) is 25.8. The molecule has 44 heavy (non-hydrogen) atoms. The van der Waals surface area contributed by atoms with Crippen LogP contribution in [0.5, 0.6) is 0 Å². The standard InChI is InChI=1S/C37H41ClO5Si/c1-36(2,3)44(28-18-10-6-11-19-28,29-20-12-7-13-21-29)42-26-33-31(25-41-34(43-33)30-22-14-15-23-32(30)38)37(4,35(39)40)24-27-16-8-5-9-17-27/h5-23,31,33-34H,24-26H2,1-4H3,(H,39,40). The number of carboxylic acids is 1. The molecule has 4 aromatic carbocycles. The lowest BCUT2D eigenvalue weighted by Gasteiger charge is -2.47. The van der Waals surface area contributed by atoms with Crippen LogP contribution in [0.2, 0.25) is 10.1 Å². The van der Waals surface area contributed by atoms with Crippen molar-refractivity contribution < 1.29 is 23.8 Å². The van der Waals surface area contributed by atoms with Crippen LogP contribution in [0.4, 0.5) is 0 Å². The van der Waals surface area contributed by atoms with E-state index >= 15 is 0 Å². The van der Waals surface area contributed by atoms with Gasteiger partial charge in [0.2, 0.25) is 0 Å². The maximum Gasteiger partial charge on any atom is 0.310 e. The first-order valence-electron chi connectivity index (χ1n) is 15.1. The van der Waals surface area contributed by atoms with Crippen LogP contribution < -0.4 is 10.4 Å². The number of carbonyl (C=O) groups is 1. The Balaban J connectivity index is 1.58. The van der Waals surface area contributed by atoms with Crippen molar-refractivity contribution >= 4 is 36.3 Å². The molecule has 0 saturated carbocycles. The van der Waals surface area contributed by atoms with Gasteiger partial charge in [-0.1, -0.05) is 142 Å². The molecule has 1 heterocycles. The largest absolute Gasteiger partial charge is 0.481 e. The van der Waals surface area contributed by atoms with Gasteiger partial charge in [0.05, 0.1) is 24.7 Å². The molecule has 4 unspecified atom stereocenters. The Kier molecular flexibility index (Phi) is 9.78. The van der Waals surface area contributed by atoms with Crippen LogP contribution in [0.25, 0.3) is 0 Å². The first-order chi connectivity index (χ1) is 21.1. The summed E-state index contributed by atoms with van der Waals surface area (Å²) in [4.78, 5) is 13.1. The number of hydrogen-bond acceptors (Lipinski definition) is 4. The van der Waals surface area contributed by atoms with E-state index in [9.17, 15) is 9.90 Å². The van der Waals surface area contributed by atoms with Gasteiger partial charge in [0, 0.05) is 16.5 Å². The SMILES string of the molecule is CC(Cc1ccccc1)(C(=O)O)C1COC(c2ccccc2Cl)OC1CO[Si](c1ccccc1)(c1ccccc1)C(C)(C)C. The monoisotopic (exact) mass is 628 g/mol. The third kappa shape index (κ3) is 6.41. The molecule has 0 radical (unpaired) electrons. The van der Waals surface area contributed by atoms with Gasteiger partial charge < -0.3 is 19.0 Å². The lowest BCUT2D eigenvalue weighted by atomic mass is 9.70. The second-order valence-electron chi connectivity index (χ2n) is 12.8. The van der Waals surface area contributed by atoms with E-state index in [1.807, 2.05) is 60.7 Å². The molecule has 1 saturated heterocycles. The van der Waals surface area contributed by atoms with Gasteiger partial charge in [-0.2, -0.15) is 0 Å². The quantitative estimate of drug-likeness (QED) is 0.187. The summed E-state index contributed by atoms with van der Waals surface area (Å²) in [5.74, 6) is -1.40. The van der Waals surface area contributed by atoms with Crippen molar-refractivity contribution in [3.8, 4) is 0 Å². The molecule has 0 aliphatic carbocycles. The maximum atomic E-state index is 13.1. The van der Waals surface area contributed by atoms with Gasteiger partial charge in [0.25, 0.3) is 8.32 Å². The minimum atomic E-state index is -2.93. The Hall–Kier alpha value is -3.26. The van der Waals surface area contributed by atoms with E-state index in [0.717, 1.165) is 15.9 Å². The molecule has 1 aliphatic rings. The third-order valence-electron chi connectivity index (χ3n) is 8.94. The van der Waals surface area contributed by atoms with E-state index in [-0.39, 0.29) is 18.3 Å². The summed E-state index contributed by atoms with van der Waals surface area (Å²) in [6.45, 7) is 8.85. The van der Waals surface area contributed by atoms with Crippen LogP contribution >= 0.6 is 11.6 Å². The van der Waals surface area contributed by atoms with E-state index in [2.05, 4.69) is 69.3 Å². The van der Waals surface area contributed by atoms with Gasteiger partial charge in [-0.3, -0.25) is 4.79 Å². The lowest BCUT2D eigenvalue weighted by Crippen LogP contribution is -2.67. The summed E-state index contributed by atoms with van der Waals surface area (Å²) < 4.78 is 20.3. The molecular formula is C37H41ClO5Si. The molecule has 5 rings (SSSR count). The topological polar surface area (TPSA) is 65.0 Å². The molecule has 0 aromatic heterocycles. The number of rotatable bonds is 10. The van der Waals surface area contributed by atoms with Crippen LogP contribution in [-0.4, -0.2) is 38.7 Å². The Bertz CT molecular complexity index is 1490. The molecule has 0 spiro atoms. The van der Waals surface area contributed by atoms with Gasteiger partial charge in [0.15, 0.2) is 6.29 Å². The smallest absolute Gasteiger partial charge is 0.310 e. The highest BCUT2D eigenvalue weighted by atomic mass is 35.5. The van der Waals surface area contributed by atoms with Gasteiger partial charge in [-0.05, 0) is 40.4 Å². The summed E-state index contributed by atoms with van der Waals surface area (Å²) in [5, 5.41) is 13.3. The van der Waals surface area contributed by atoms with Gasteiger partial charge >= 0.3 is 5.97 Å². The number of carboxylic acid groups (broad SMARTS) is 1. The fourth-order valence-corrected chi connectivity index (χ4v) is 11.3. The highest BCUT2D eigenvalue weighted by Crippen LogP contribution is 2.44. The van der Waals surface area contributed by atoms with Crippen LogP contribution in [0.1, 0.15) is 45.1 Å². The zero-order valence-corrected chi connectivity index (χ0v) is 27.5.